The third-order valence-corrected chi connectivity index (χ3v) is 6.41. The highest BCUT2D eigenvalue weighted by Gasteiger charge is 2.52. The number of methoxy groups -OCH3 is 1. The highest BCUT2D eigenvalue weighted by Crippen LogP contribution is 2.41. The molecule has 0 aromatic heterocycles. The number of benzene rings is 1. The topological polar surface area (TPSA) is 120 Å². The molecule has 0 radical (unpaired) electrons. The van der Waals surface area contributed by atoms with E-state index in [-0.39, 0.29) is 24.0 Å². The number of nitrogens with two attached hydrogens (primary N) is 1. The van der Waals surface area contributed by atoms with E-state index in [1.165, 1.54) is 12.7 Å². The second kappa shape index (κ2) is 9.38. The van der Waals surface area contributed by atoms with Gasteiger partial charge in [-0.3, -0.25) is 9.59 Å². The number of primary amides is 1. The van der Waals surface area contributed by atoms with Crippen molar-refractivity contribution in [2.45, 2.75) is 82.4 Å². The van der Waals surface area contributed by atoms with Crippen LogP contribution in [0.5, 0.6) is 0 Å². The van der Waals surface area contributed by atoms with Gasteiger partial charge >= 0.3 is 12.1 Å². The summed E-state index contributed by atoms with van der Waals surface area (Å²) in [6.07, 6.45) is 4.10. The average molecular weight is 446 g/mol. The SMILES string of the molecule is COC(=O)C1CC(Nc2ccc(C3CCC(NC(=O)OC(C)(C)C)CC3)cc2)(C(N)=O)C1. The largest absolute Gasteiger partial charge is 0.469 e. The lowest BCUT2D eigenvalue weighted by Crippen LogP contribution is -2.61. The molecular formula is C24H35N3O5. The Labute approximate surface area is 189 Å². The molecule has 3 rings (SSSR count). The van der Waals surface area contributed by atoms with E-state index in [1.807, 2.05) is 32.9 Å². The quantitative estimate of drug-likeness (QED) is 0.577. The zero-order valence-electron chi connectivity index (χ0n) is 19.4. The molecule has 8 heteroatoms. The predicted molar refractivity (Wildman–Crippen MR) is 121 cm³/mol. The number of alkyl carbamates (subject to hydrolysis) is 1. The molecule has 8 nitrogen and oxygen atoms in total. The Morgan fingerprint density at radius 3 is 2.12 bits per heavy atom. The second-order valence-electron chi connectivity index (χ2n) is 10.0. The molecule has 0 bridgehead atoms. The first kappa shape index (κ1) is 23.9. The first-order valence-corrected chi connectivity index (χ1v) is 11.3. The van der Waals surface area contributed by atoms with Gasteiger partial charge in [0.2, 0.25) is 5.91 Å². The number of rotatable bonds is 6. The molecule has 2 aliphatic carbocycles. The van der Waals surface area contributed by atoms with E-state index < -0.39 is 17.0 Å². The number of hydrogen-bond donors (Lipinski definition) is 3. The van der Waals surface area contributed by atoms with Crippen LogP contribution in [0.4, 0.5) is 10.5 Å². The van der Waals surface area contributed by atoms with Gasteiger partial charge in [-0.15, -0.1) is 0 Å². The molecule has 0 spiro atoms. The van der Waals surface area contributed by atoms with E-state index in [2.05, 4.69) is 22.8 Å². The van der Waals surface area contributed by atoms with Crippen molar-refractivity contribution in [1.82, 2.24) is 5.32 Å². The number of ether oxygens (including phenoxy) is 2. The van der Waals surface area contributed by atoms with E-state index in [0.29, 0.717) is 18.8 Å². The Bertz CT molecular complexity index is 832. The van der Waals surface area contributed by atoms with Gasteiger partial charge in [0.25, 0.3) is 0 Å². The van der Waals surface area contributed by atoms with E-state index in [9.17, 15) is 14.4 Å². The summed E-state index contributed by atoms with van der Waals surface area (Å²) in [5.41, 5.74) is 6.25. The Kier molecular flexibility index (Phi) is 7.00. The van der Waals surface area contributed by atoms with Gasteiger partial charge in [0.15, 0.2) is 0 Å². The molecule has 2 saturated carbocycles. The standard InChI is InChI=1S/C24H35N3O5/c1-23(2,3)32-22(30)26-18-9-5-15(6-10-18)16-7-11-19(12-8-16)27-24(21(25)29)13-17(14-24)20(28)31-4/h7-8,11-12,15,17-18,27H,5-6,9-10,13-14H2,1-4H3,(H2,25,29)(H,26,30). The molecule has 1 aromatic carbocycles. The fraction of sp³-hybridized carbons (Fsp3) is 0.625. The number of anilines is 1. The van der Waals surface area contributed by atoms with Crippen molar-refractivity contribution in [2.24, 2.45) is 11.7 Å². The number of carbonyl (C=O) groups is 3. The minimum atomic E-state index is -0.911. The molecule has 1 aromatic rings. The summed E-state index contributed by atoms with van der Waals surface area (Å²) in [5.74, 6) is -0.643. The van der Waals surface area contributed by atoms with Gasteiger partial charge in [-0.2, -0.15) is 0 Å². The number of amides is 2. The molecule has 0 heterocycles. The maximum Gasteiger partial charge on any atom is 0.407 e. The van der Waals surface area contributed by atoms with Crippen LogP contribution < -0.4 is 16.4 Å². The molecule has 0 atom stereocenters. The van der Waals surface area contributed by atoms with Gasteiger partial charge in [-0.05, 0) is 82.9 Å². The Balaban J connectivity index is 1.51. The lowest BCUT2D eigenvalue weighted by Gasteiger charge is -2.44. The summed E-state index contributed by atoms with van der Waals surface area (Å²) in [6, 6.07) is 8.19. The van der Waals surface area contributed by atoms with Crippen molar-refractivity contribution in [3.05, 3.63) is 29.8 Å². The molecule has 32 heavy (non-hydrogen) atoms. The maximum absolute atomic E-state index is 12.0. The van der Waals surface area contributed by atoms with Crippen LogP contribution in [0.2, 0.25) is 0 Å². The third-order valence-electron chi connectivity index (χ3n) is 6.41. The monoisotopic (exact) mass is 445 g/mol. The van der Waals surface area contributed by atoms with Gasteiger partial charge in [-0.25, -0.2) is 4.79 Å². The summed E-state index contributed by atoms with van der Waals surface area (Å²) >= 11 is 0. The predicted octanol–water partition coefficient (Wildman–Crippen LogP) is 3.46. The van der Waals surface area contributed by atoms with E-state index in [1.54, 1.807) is 0 Å². The molecule has 0 unspecified atom stereocenters. The molecule has 4 N–H and O–H groups in total. The number of hydrogen-bond acceptors (Lipinski definition) is 6. The van der Waals surface area contributed by atoms with Crippen molar-refractivity contribution in [2.75, 3.05) is 12.4 Å². The normalized spacial score (nSPS) is 27.6. The number of esters is 1. The lowest BCUT2D eigenvalue weighted by atomic mass is 9.67. The van der Waals surface area contributed by atoms with Crippen molar-refractivity contribution >= 4 is 23.7 Å². The highest BCUT2D eigenvalue weighted by molar-refractivity contribution is 5.92. The van der Waals surface area contributed by atoms with E-state index >= 15 is 0 Å². The maximum atomic E-state index is 12.0. The van der Waals surface area contributed by atoms with Crippen molar-refractivity contribution in [3.8, 4) is 0 Å². The van der Waals surface area contributed by atoms with Crippen LogP contribution in [0.3, 0.4) is 0 Å². The van der Waals surface area contributed by atoms with Crippen LogP contribution in [0.1, 0.15) is 70.8 Å². The van der Waals surface area contributed by atoms with Crippen LogP contribution in [0.25, 0.3) is 0 Å². The van der Waals surface area contributed by atoms with Crippen LogP contribution in [-0.2, 0) is 19.1 Å². The van der Waals surface area contributed by atoms with Crippen LogP contribution in [-0.4, -0.2) is 42.3 Å². The fourth-order valence-corrected chi connectivity index (χ4v) is 4.64. The average Bonchev–Trinajstić information content (AvgIpc) is 2.69. The van der Waals surface area contributed by atoms with Gasteiger partial charge in [0.05, 0.1) is 13.0 Å². The molecule has 2 aliphatic rings. The Morgan fingerprint density at radius 2 is 1.62 bits per heavy atom. The zero-order valence-corrected chi connectivity index (χ0v) is 19.4. The van der Waals surface area contributed by atoms with Crippen LogP contribution in [0, 0.1) is 5.92 Å². The number of carbonyl (C=O) groups excluding carboxylic acids is 3. The summed E-state index contributed by atoms with van der Waals surface area (Å²) in [7, 11) is 1.35. The van der Waals surface area contributed by atoms with Crippen LogP contribution >= 0.6 is 0 Å². The van der Waals surface area contributed by atoms with Crippen molar-refractivity contribution in [1.29, 1.82) is 0 Å². The molecule has 2 amide bonds. The molecule has 0 saturated heterocycles. The zero-order chi connectivity index (χ0) is 23.5. The highest BCUT2D eigenvalue weighted by atomic mass is 16.6. The van der Waals surface area contributed by atoms with Crippen molar-refractivity contribution < 1.29 is 23.9 Å². The fourth-order valence-electron chi connectivity index (χ4n) is 4.64. The summed E-state index contributed by atoms with van der Waals surface area (Å²) < 4.78 is 10.1. The first-order chi connectivity index (χ1) is 15.0. The summed E-state index contributed by atoms with van der Waals surface area (Å²) in [6.45, 7) is 5.57. The Hall–Kier alpha value is -2.77. The van der Waals surface area contributed by atoms with Gasteiger partial charge < -0.3 is 25.8 Å². The van der Waals surface area contributed by atoms with Gasteiger partial charge in [0.1, 0.15) is 11.1 Å². The summed E-state index contributed by atoms with van der Waals surface area (Å²) in [5, 5.41) is 6.21. The minimum Gasteiger partial charge on any atom is -0.469 e. The minimum absolute atomic E-state index is 0.138. The van der Waals surface area contributed by atoms with Gasteiger partial charge in [-0.1, -0.05) is 12.1 Å². The molecule has 0 aliphatic heterocycles. The van der Waals surface area contributed by atoms with Crippen molar-refractivity contribution in [3.63, 3.8) is 0 Å². The lowest BCUT2D eigenvalue weighted by molar-refractivity contribution is -0.152. The molecular weight excluding hydrogens is 410 g/mol. The molecule has 176 valence electrons. The second-order valence-corrected chi connectivity index (χ2v) is 10.0. The van der Waals surface area contributed by atoms with E-state index in [4.69, 9.17) is 15.2 Å². The summed E-state index contributed by atoms with van der Waals surface area (Å²) in [4.78, 5) is 35.7. The smallest absolute Gasteiger partial charge is 0.407 e. The van der Waals surface area contributed by atoms with Crippen LogP contribution in [0.15, 0.2) is 24.3 Å². The third kappa shape index (κ3) is 5.72. The Morgan fingerprint density at radius 1 is 1.03 bits per heavy atom. The number of nitrogens with one attached hydrogen (secondary N) is 2. The van der Waals surface area contributed by atoms with E-state index in [0.717, 1.165) is 31.4 Å². The molecule has 2 fully saturated rings. The van der Waals surface area contributed by atoms with Gasteiger partial charge in [0, 0.05) is 11.7 Å². The first-order valence-electron chi connectivity index (χ1n) is 11.3.